The van der Waals surface area contributed by atoms with E-state index < -0.39 is 5.95 Å². The highest BCUT2D eigenvalue weighted by Gasteiger charge is 2.19. The number of halogens is 1. The number of hydrogen-bond donors (Lipinski definition) is 0. The average Bonchev–Trinajstić information content (AvgIpc) is 2.73. The Kier molecular flexibility index (Phi) is 8.59. The summed E-state index contributed by atoms with van der Waals surface area (Å²) in [6.07, 6.45) is 8.61. The van der Waals surface area contributed by atoms with Crippen molar-refractivity contribution in [2.24, 2.45) is 5.92 Å². The molecule has 5 heteroatoms. The van der Waals surface area contributed by atoms with Crippen molar-refractivity contribution in [2.75, 3.05) is 24.5 Å². The quantitative estimate of drug-likeness (QED) is 0.559. The van der Waals surface area contributed by atoms with Gasteiger partial charge in [-0.2, -0.15) is 4.39 Å². The Morgan fingerprint density at radius 2 is 1.74 bits per heavy atom. The van der Waals surface area contributed by atoms with E-state index in [0.29, 0.717) is 5.92 Å². The summed E-state index contributed by atoms with van der Waals surface area (Å²) in [5, 5.41) is 0. The minimum Gasteiger partial charge on any atom is -0.312 e. The Balaban J connectivity index is 1.99. The average molecular weight is 426 g/mol. The molecule has 0 spiro atoms. The molecule has 168 valence electrons. The van der Waals surface area contributed by atoms with Crippen LogP contribution in [0.25, 0.3) is 11.1 Å². The van der Waals surface area contributed by atoms with E-state index >= 15 is 0 Å². The minimum absolute atomic E-state index is 0.0863. The van der Waals surface area contributed by atoms with Crippen molar-refractivity contribution in [1.29, 1.82) is 0 Å². The summed E-state index contributed by atoms with van der Waals surface area (Å²) in [5.74, 6) is 0.270. The van der Waals surface area contributed by atoms with E-state index in [1.54, 1.807) is 19.2 Å². The molecule has 2 aromatic rings. The van der Waals surface area contributed by atoms with Gasteiger partial charge in [0.1, 0.15) is 0 Å². The molecule has 1 aliphatic rings. The first kappa shape index (κ1) is 23.4. The molecule has 0 fully saturated rings. The number of fused-ring (bicyclic) bond motifs is 1. The molecular weight excluding hydrogens is 389 g/mol. The molecule has 0 N–H and O–H groups in total. The van der Waals surface area contributed by atoms with Crippen LogP contribution in [0.5, 0.6) is 0 Å². The number of benzene rings is 1. The number of amides is 1. The second-order valence-corrected chi connectivity index (χ2v) is 9.11. The SMILES string of the molecule is CC(=O)N1CCCCCCCN(CCC(C)C)Cc2cc(-c3ccc(F)nc3)ccc21. The van der Waals surface area contributed by atoms with E-state index in [1.165, 1.54) is 25.3 Å². The smallest absolute Gasteiger partial charge is 0.223 e. The molecular formula is C26H36FN3O. The number of carbonyl (C=O) groups is 1. The normalized spacial score (nSPS) is 16.5. The molecule has 31 heavy (non-hydrogen) atoms. The van der Waals surface area contributed by atoms with Crippen LogP contribution >= 0.6 is 0 Å². The topological polar surface area (TPSA) is 36.4 Å². The van der Waals surface area contributed by atoms with Crippen LogP contribution in [-0.2, 0) is 11.3 Å². The largest absolute Gasteiger partial charge is 0.312 e. The van der Waals surface area contributed by atoms with E-state index in [9.17, 15) is 9.18 Å². The van der Waals surface area contributed by atoms with Gasteiger partial charge in [-0.15, -0.1) is 0 Å². The number of carbonyl (C=O) groups excluding carboxylic acids is 1. The standard InChI is InChI=1S/C26H36FN3O/c1-20(2)13-16-29-14-7-5-4-6-8-15-30(21(3)31)25-11-9-22(17-24(25)19-29)23-10-12-26(27)28-18-23/h9-12,17-18,20H,4-8,13-16,19H2,1-3H3. The lowest BCUT2D eigenvalue weighted by Crippen LogP contribution is -2.33. The molecule has 0 saturated heterocycles. The van der Waals surface area contributed by atoms with Gasteiger partial charge in [0.15, 0.2) is 0 Å². The number of rotatable bonds is 4. The third-order valence-corrected chi connectivity index (χ3v) is 6.08. The van der Waals surface area contributed by atoms with Crippen molar-refractivity contribution in [3.05, 3.63) is 48.0 Å². The maximum atomic E-state index is 13.3. The highest BCUT2D eigenvalue weighted by Crippen LogP contribution is 2.30. The maximum Gasteiger partial charge on any atom is 0.223 e. The van der Waals surface area contributed by atoms with E-state index in [1.807, 2.05) is 11.0 Å². The fourth-order valence-corrected chi connectivity index (χ4v) is 4.24. The molecule has 1 aliphatic heterocycles. The first-order chi connectivity index (χ1) is 14.9. The zero-order valence-electron chi connectivity index (χ0n) is 19.2. The van der Waals surface area contributed by atoms with Crippen molar-refractivity contribution in [3.8, 4) is 11.1 Å². The van der Waals surface area contributed by atoms with Crippen LogP contribution in [0.1, 0.15) is 64.9 Å². The van der Waals surface area contributed by atoms with Crippen LogP contribution in [0.4, 0.5) is 10.1 Å². The summed E-state index contributed by atoms with van der Waals surface area (Å²) < 4.78 is 13.3. The Morgan fingerprint density at radius 3 is 2.42 bits per heavy atom. The van der Waals surface area contributed by atoms with Crippen LogP contribution in [0.15, 0.2) is 36.5 Å². The van der Waals surface area contributed by atoms with E-state index in [-0.39, 0.29) is 5.91 Å². The predicted molar refractivity (Wildman–Crippen MR) is 125 cm³/mol. The van der Waals surface area contributed by atoms with Gasteiger partial charge in [0.25, 0.3) is 0 Å². The number of aromatic nitrogens is 1. The molecule has 1 amide bonds. The van der Waals surface area contributed by atoms with E-state index in [4.69, 9.17) is 0 Å². The molecule has 2 heterocycles. The van der Waals surface area contributed by atoms with Gasteiger partial charge in [0.2, 0.25) is 11.9 Å². The molecule has 0 aliphatic carbocycles. The minimum atomic E-state index is -0.474. The van der Waals surface area contributed by atoms with Crippen molar-refractivity contribution < 1.29 is 9.18 Å². The number of pyridine rings is 1. The lowest BCUT2D eigenvalue weighted by molar-refractivity contribution is -0.116. The molecule has 0 saturated carbocycles. The highest BCUT2D eigenvalue weighted by atomic mass is 19.1. The monoisotopic (exact) mass is 425 g/mol. The maximum absolute atomic E-state index is 13.3. The Hall–Kier alpha value is -2.27. The van der Waals surface area contributed by atoms with Gasteiger partial charge in [0, 0.05) is 37.5 Å². The lowest BCUT2D eigenvalue weighted by Gasteiger charge is -2.29. The van der Waals surface area contributed by atoms with E-state index in [0.717, 1.165) is 67.8 Å². The van der Waals surface area contributed by atoms with Crippen molar-refractivity contribution >= 4 is 11.6 Å². The number of hydrogen-bond acceptors (Lipinski definition) is 3. The third kappa shape index (κ3) is 6.86. The number of anilines is 1. The molecule has 4 nitrogen and oxygen atoms in total. The molecule has 1 aromatic heterocycles. The Bertz CT molecular complexity index is 850. The lowest BCUT2D eigenvalue weighted by atomic mass is 10.0. The van der Waals surface area contributed by atoms with E-state index in [2.05, 4.69) is 35.9 Å². The first-order valence-corrected chi connectivity index (χ1v) is 11.7. The van der Waals surface area contributed by atoms with Crippen LogP contribution in [0, 0.1) is 11.9 Å². The number of nitrogens with zero attached hydrogens (tertiary/aromatic N) is 3. The van der Waals surface area contributed by atoms with Crippen molar-refractivity contribution in [3.63, 3.8) is 0 Å². The summed E-state index contributed by atoms with van der Waals surface area (Å²) in [6.45, 7) is 9.89. The van der Waals surface area contributed by atoms with Gasteiger partial charge >= 0.3 is 0 Å². The van der Waals surface area contributed by atoms with Gasteiger partial charge < -0.3 is 4.90 Å². The third-order valence-electron chi connectivity index (χ3n) is 6.08. The second-order valence-electron chi connectivity index (χ2n) is 9.11. The van der Waals surface area contributed by atoms with Crippen LogP contribution in [-0.4, -0.2) is 35.4 Å². The zero-order chi connectivity index (χ0) is 22.2. The van der Waals surface area contributed by atoms with Gasteiger partial charge in [-0.1, -0.05) is 39.2 Å². The predicted octanol–water partition coefficient (Wildman–Crippen LogP) is 6.05. The summed E-state index contributed by atoms with van der Waals surface area (Å²) in [5.41, 5.74) is 4.05. The van der Waals surface area contributed by atoms with Gasteiger partial charge in [-0.25, -0.2) is 4.98 Å². The highest BCUT2D eigenvalue weighted by molar-refractivity contribution is 5.92. The fourth-order valence-electron chi connectivity index (χ4n) is 4.24. The van der Waals surface area contributed by atoms with Crippen LogP contribution < -0.4 is 4.90 Å². The summed E-state index contributed by atoms with van der Waals surface area (Å²) in [4.78, 5) is 20.8. The summed E-state index contributed by atoms with van der Waals surface area (Å²) in [6, 6.07) is 9.40. The summed E-state index contributed by atoms with van der Waals surface area (Å²) >= 11 is 0. The second kappa shape index (κ2) is 11.4. The first-order valence-electron chi connectivity index (χ1n) is 11.7. The van der Waals surface area contributed by atoms with Gasteiger partial charge in [-0.05, 0) is 73.7 Å². The van der Waals surface area contributed by atoms with Crippen LogP contribution in [0.2, 0.25) is 0 Å². The molecule has 0 bridgehead atoms. The van der Waals surface area contributed by atoms with Crippen molar-refractivity contribution in [1.82, 2.24) is 9.88 Å². The molecule has 0 unspecified atom stereocenters. The zero-order valence-corrected chi connectivity index (χ0v) is 19.2. The fraction of sp³-hybridized carbons (Fsp3) is 0.538. The molecule has 0 atom stereocenters. The molecule has 1 aromatic carbocycles. The van der Waals surface area contributed by atoms with Gasteiger partial charge in [0.05, 0.1) is 0 Å². The molecule has 0 radical (unpaired) electrons. The molecule has 3 rings (SSSR count). The Morgan fingerprint density at radius 1 is 1.03 bits per heavy atom. The Labute approximate surface area is 186 Å². The van der Waals surface area contributed by atoms with Crippen molar-refractivity contribution in [2.45, 2.75) is 65.8 Å². The van der Waals surface area contributed by atoms with Crippen LogP contribution in [0.3, 0.4) is 0 Å². The van der Waals surface area contributed by atoms with Gasteiger partial charge in [-0.3, -0.25) is 9.69 Å². The summed E-state index contributed by atoms with van der Waals surface area (Å²) in [7, 11) is 0.